The van der Waals surface area contributed by atoms with Crippen LogP contribution in [0.1, 0.15) is 36.4 Å². The van der Waals surface area contributed by atoms with Gasteiger partial charge in [-0.15, -0.1) is 0 Å². The molecule has 1 unspecified atom stereocenters. The van der Waals surface area contributed by atoms with Crippen LogP contribution >= 0.6 is 15.9 Å². The summed E-state index contributed by atoms with van der Waals surface area (Å²) in [5.41, 5.74) is 3.55. The largest absolute Gasteiger partial charge is 0.481 e. The predicted molar refractivity (Wildman–Crippen MR) is 73.9 cm³/mol. The molecule has 18 heavy (non-hydrogen) atoms. The number of hydrogen-bond donors (Lipinski definition) is 2. The monoisotopic (exact) mass is 307 g/mol. The Kier molecular flexibility index (Phi) is 2.90. The fourth-order valence-electron chi connectivity index (χ4n) is 3.00. The van der Waals surface area contributed by atoms with Crippen molar-refractivity contribution < 1.29 is 9.90 Å². The van der Waals surface area contributed by atoms with Crippen LogP contribution in [0.25, 0.3) is 10.9 Å². The summed E-state index contributed by atoms with van der Waals surface area (Å²) >= 11 is 3.47. The molecule has 1 aliphatic rings. The maximum atomic E-state index is 11.0. The molecule has 1 aromatic heterocycles. The van der Waals surface area contributed by atoms with Gasteiger partial charge in [0.1, 0.15) is 0 Å². The molecular weight excluding hydrogens is 294 g/mol. The van der Waals surface area contributed by atoms with Crippen LogP contribution in [-0.2, 0) is 11.2 Å². The Morgan fingerprint density at radius 1 is 1.50 bits per heavy atom. The zero-order valence-electron chi connectivity index (χ0n) is 9.87. The molecule has 0 aliphatic heterocycles. The van der Waals surface area contributed by atoms with Crippen LogP contribution in [0.4, 0.5) is 0 Å². The lowest BCUT2D eigenvalue weighted by molar-refractivity contribution is -0.137. The first-order chi connectivity index (χ1) is 8.65. The van der Waals surface area contributed by atoms with E-state index in [9.17, 15) is 4.79 Å². The highest BCUT2D eigenvalue weighted by Gasteiger charge is 2.26. The van der Waals surface area contributed by atoms with Crippen LogP contribution in [0.2, 0.25) is 0 Å². The molecule has 94 valence electrons. The summed E-state index contributed by atoms with van der Waals surface area (Å²) < 4.78 is 1.04. The number of fused-ring (bicyclic) bond motifs is 3. The normalized spacial score (nSPS) is 18.8. The van der Waals surface area contributed by atoms with E-state index in [1.165, 1.54) is 16.6 Å². The van der Waals surface area contributed by atoms with E-state index in [1.807, 2.05) is 6.07 Å². The minimum absolute atomic E-state index is 0.154. The second-order valence-corrected chi connectivity index (χ2v) is 5.81. The molecule has 3 rings (SSSR count). The fourth-order valence-corrected chi connectivity index (χ4v) is 3.36. The maximum absolute atomic E-state index is 11.0. The number of benzene rings is 1. The molecule has 0 bridgehead atoms. The molecule has 1 aromatic carbocycles. The molecular formula is C14H14BrNO2. The van der Waals surface area contributed by atoms with Gasteiger partial charge in [0.25, 0.3) is 0 Å². The molecule has 0 saturated heterocycles. The van der Waals surface area contributed by atoms with E-state index in [2.05, 4.69) is 33.0 Å². The number of aromatic nitrogens is 1. The van der Waals surface area contributed by atoms with Crippen molar-refractivity contribution in [1.82, 2.24) is 4.98 Å². The van der Waals surface area contributed by atoms with Crippen molar-refractivity contribution in [2.75, 3.05) is 0 Å². The number of carbonyl (C=O) groups is 1. The number of halogens is 1. The van der Waals surface area contributed by atoms with Gasteiger partial charge in [-0.3, -0.25) is 4.79 Å². The minimum Gasteiger partial charge on any atom is -0.481 e. The molecule has 2 N–H and O–H groups in total. The number of nitrogens with one attached hydrogen (secondary N) is 1. The molecule has 0 spiro atoms. The first-order valence-electron chi connectivity index (χ1n) is 6.17. The standard InChI is InChI=1S/C14H14BrNO2/c15-9-4-5-10-12(7-9)16-11-3-1-2-8(14(10)11)6-13(17)18/h4-5,7-8,16H,1-3,6H2,(H,17,18). The number of aromatic amines is 1. The topological polar surface area (TPSA) is 53.1 Å². The van der Waals surface area contributed by atoms with Crippen LogP contribution in [0.3, 0.4) is 0 Å². The summed E-state index contributed by atoms with van der Waals surface area (Å²) in [7, 11) is 0. The first kappa shape index (κ1) is 11.8. The number of hydrogen-bond acceptors (Lipinski definition) is 1. The lowest BCUT2D eigenvalue weighted by Gasteiger charge is -2.21. The number of H-pyrrole nitrogens is 1. The molecule has 1 atom stereocenters. The minimum atomic E-state index is -0.709. The van der Waals surface area contributed by atoms with E-state index in [-0.39, 0.29) is 12.3 Å². The molecule has 0 radical (unpaired) electrons. The highest BCUT2D eigenvalue weighted by atomic mass is 79.9. The third-order valence-corrected chi connectivity index (χ3v) is 4.18. The van der Waals surface area contributed by atoms with Gasteiger partial charge >= 0.3 is 5.97 Å². The Morgan fingerprint density at radius 2 is 2.33 bits per heavy atom. The van der Waals surface area contributed by atoms with E-state index < -0.39 is 5.97 Å². The van der Waals surface area contributed by atoms with E-state index >= 15 is 0 Å². The van der Waals surface area contributed by atoms with Gasteiger partial charge < -0.3 is 10.1 Å². The smallest absolute Gasteiger partial charge is 0.303 e. The van der Waals surface area contributed by atoms with Crippen molar-refractivity contribution in [1.29, 1.82) is 0 Å². The van der Waals surface area contributed by atoms with Crippen molar-refractivity contribution in [3.63, 3.8) is 0 Å². The van der Waals surface area contributed by atoms with Crippen molar-refractivity contribution in [3.8, 4) is 0 Å². The lowest BCUT2D eigenvalue weighted by Crippen LogP contribution is -2.12. The van der Waals surface area contributed by atoms with Crippen molar-refractivity contribution in [3.05, 3.63) is 33.9 Å². The first-order valence-corrected chi connectivity index (χ1v) is 6.96. The summed E-state index contributed by atoms with van der Waals surface area (Å²) in [5.74, 6) is -0.555. The summed E-state index contributed by atoms with van der Waals surface area (Å²) in [6.07, 6.45) is 3.30. The van der Waals surface area contributed by atoms with Gasteiger partial charge in [0, 0.05) is 21.1 Å². The van der Waals surface area contributed by atoms with Gasteiger partial charge in [0.05, 0.1) is 6.42 Å². The van der Waals surface area contributed by atoms with Gasteiger partial charge in [-0.25, -0.2) is 0 Å². The number of rotatable bonds is 2. The predicted octanol–water partition coefficient (Wildman–Crippen LogP) is 3.83. The highest BCUT2D eigenvalue weighted by Crippen LogP contribution is 2.39. The molecule has 0 fully saturated rings. The van der Waals surface area contributed by atoms with Gasteiger partial charge in [0.2, 0.25) is 0 Å². The number of aryl methyl sites for hydroxylation is 1. The Balaban J connectivity index is 2.14. The molecule has 4 heteroatoms. The third kappa shape index (κ3) is 1.94. The second-order valence-electron chi connectivity index (χ2n) is 4.89. The third-order valence-electron chi connectivity index (χ3n) is 3.69. The van der Waals surface area contributed by atoms with Gasteiger partial charge in [-0.1, -0.05) is 22.0 Å². The summed E-state index contributed by atoms with van der Waals surface area (Å²) in [6.45, 7) is 0. The van der Waals surface area contributed by atoms with E-state index in [0.29, 0.717) is 0 Å². The maximum Gasteiger partial charge on any atom is 0.303 e. The van der Waals surface area contributed by atoms with Crippen molar-refractivity contribution >= 4 is 32.8 Å². The highest BCUT2D eigenvalue weighted by molar-refractivity contribution is 9.10. The molecule has 3 nitrogen and oxygen atoms in total. The zero-order chi connectivity index (χ0) is 12.7. The van der Waals surface area contributed by atoms with Gasteiger partial charge in [-0.2, -0.15) is 0 Å². The molecule has 0 saturated carbocycles. The molecule has 1 heterocycles. The SMILES string of the molecule is O=C(O)CC1CCCc2[nH]c3cc(Br)ccc3c21. The Bertz CT molecular complexity index is 618. The molecule has 0 amide bonds. The Hall–Kier alpha value is -1.29. The number of carboxylic acids is 1. The average molecular weight is 308 g/mol. The van der Waals surface area contributed by atoms with Gasteiger partial charge in [0.15, 0.2) is 0 Å². The average Bonchev–Trinajstić information content (AvgIpc) is 2.66. The summed E-state index contributed by atoms with van der Waals surface area (Å²) in [6, 6.07) is 6.16. The van der Waals surface area contributed by atoms with E-state index in [4.69, 9.17) is 5.11 Å². The molecule has 2 aromatic rings. The second kappa shape index (κ2) is 4.43. The Morgan fingerprint density at radius 3 is 3.11 bits per heavy atom. The number of aliphatic carboxylic acids is 1. The summed E-state index contributed by atoms with van der Waals surface area (Å²) in [4.78, 5) is 14.4. The Labute approximate surface area is 113 Å². The zero-order valence-corrected chi connectivity index (χ0v) is 11.5. The summed E-state index contributed by atoms with van der Waals surface area (Å²) in [5, 5.41) is 10.2. The molecule has 1 aliphatic carbocycles. The van der Waals surface area contributed by atoms with Crippen LogP contribution < -0.4 is 0 Å². The van der Waals surface area contributed by atoms with Gasteiger partial charge in [-0.05, 0) is 42.9 Å². The van der Waals surface area contributed by atoms with Crippen molar-refractivity contribution in [2.24, 2.45) is 0 Å². The quantitative estimate of drug-likeness (QED) is 0.886. The van der Waals surface area contributed by atoms with E-state index in [0.717, 1.165) is 29.3 Å². The lowest BCUT2D eigenvalue weighted by atomic mass is 9.83. The number of carboxylic acid groups (broad SMARTS) is 1. The van der Waals surface area contributed by atoms with Crippen LogP contribution in [0.15, 0.2) is 22.7 Å². The van der Waals surface area contributed by atoms with Crippen LogP contribution in [0.5, 0.6) is 0 Å². The van der Waals surface area contributed by atoms with Crippen LogP contribution in [0, 0.1) is 0 Å². The van der Waals surface area contributed by atoms with E-state index in [1.54, 1.807) is 0 Å². The van der Waals surface area contributed by atoms with Crippen LogP contribution in [-0.4, -0.2) is 16.1 Å². The fraction of sp³-hybridized carbons (Fsp3) is 0.357. The van der Waals surface area contributed by atoms with Crippen molar-refractivity contribution in [2.45, 2.75) is 31.6 Å².